The number of hydrogen-bond donors (Lipinski definition) is 2. The Morgan fingerprint density at radius 3 is 2.35 bits per heavy atom. The Morgan fingerprint density at radius 2 is 1.73 bits per heavy atom. The van der Waals surface area contributed by atoms with Crippen LogP contribution in [0.25, 0.3) is 0 Å². The van der Waals surface area contributed by atoms with Gasteiger partial charge in [0.15, 0.2) is 0 Å². The number of hydrogen-bond acceptors (Lipinski definition) is 4. The topological polar surface area (TPSA) is 78.9 Å². The molecular formula is C20H22N2O4. The number of nitrogens with one attached hydrogen (secondary N) is 1. The first kappa shape index (κ1) is 17.8. The highest BCUT2D eigenvalue weighted by Gasteiger charge is 2.28. The first-order valence-corrected chi connectivity index (χ1v) is 8.60. The van der Waals surface area contributed by atoms with Gasteiger partial charge in [-0.05, 0) is 49.2 Å². The number of ether oxygens (including phenoxy) is 1. The number of para-hydroxylation sites is 1. The van der Waals surface area contributed by atoms with Gasteiger partial charge in [0.05, 0.1) is 24.3 Å². The average molecular weight is 354 g/mol. The number of carboxylic acids is 1. The Kier molecular flexibility index (Phi) is 5.41. The van der Waals surface area contributed by atoms with Crippen LogP contribution in [0.15, 0.2) is 48.5 Å². The third kappa shape index (κ3) is 3.96. The third-order valence-electron chi connectivity index (χ3n) is 4.66. The second-order valence-electron chi connectivity index (χ2n) is 6.30. The zero-order valence-electron chi connectivity index (χ0n) is 14.6. The van der Waals surface area contributed by atoms with Crippen molar-refractivity contribution in [3.8, 4) is 5.75 Å². The van der Waals surface area contributed by atoms with E-state index in [0.717, 1.165) is 17.1 Å². The van der Waals surface area contributed by atoms with E-state index in [2.05, 4.69) is 5.32 Å². The van der Waals surface area contributed by atoms with Crippen molar-refractivity contribution in [1.82, 2.24) is 4.90 Å². The Bertz CT molecular complexity index is 781. The molecule has 3 rings (SSSR count). The summed E-state index contributed by atoms with van der Waals surface area (Å²) in [6, 6.07) is 14.8. The number of carbonyl (C=O) groups excluding carboxylic acids is 1. The molecule has 0 aromatic heterocycles. The highest BCUT2D eigenvalue weighted by molar-refractivity contribution is 6.00. The lowest BCUT2D eigenvalue weighted by atomic mass is 9.96. The van der Waals surface area contributed by atoms with Crippen molar-refractivity contribution >= 4 is 23.3 Å². The lowest BCUT2D eigenvalue weighted by Gasteiger charge is -2.30. The van der Waals surface area contributed by atoms with Crippen LogP contribution in [0.4, 0.5) is 11.4 Å². The summed E-state index contributed by atoms with van der Waals surface area (Å²) in [7, 11) is 1.62. The second kappa shape index (κ2) is 7.91. The molecule has 6 heteroatoms. The molecule has 1 aliphatic rings. The second-order valence-corrected chi connectivity index (χ2v) is 6.30. The highest BCUT2D eigenvalue weighted by Crippen LogP contribution is 2.26. The molecule has 2 aromatic rings. The highest BCUT2D eigenvalue weighted by atomic mass is 16.5. The maximum atomic E-state index is 12.9. The van der Waals surface area contributed by atoms with Crippen LogP contribution < -0.4 is 10.1 Å². The minimum atomic E-state index is -0.779. The fourth-order valence-corrected chi connectivity index (χ4v) is 3.11. The van der Waals surface area contributed by atoms with Gasteiger partial charge in [-0.15, -0.1) is 0 Å². The summed E-state index contributed by atoms with van der Waals surface area (Å²) >= 11 is 0. The van der Waals surface area contributed by atoms with Crippen LogP contribution in [0.1, 0.15) is 23.2 Å². The van der Waals surface area contributed by atoms with E-state index in [0.29, 0.717) is 31.5 Å². The van der Waals surface area contributed by atoms with E-state index in [-0.39, 0.29) is 11.8 Å². The van der Waals surface area contributed by atoms with E-state index < -0.39 is 5.97 Å². The van der Waals surface area contributed by atoms with Gasteiger partial charge >= 0.3 is 5.97 Å². The van der Waals surface area contributed by atoms with Crippen molar-refractivity contribution in [2.24, 2.45) is 5.92 Å². The number of carbonyl (C=O) groups is 2. The number of methoxy groups -OCH3 is 1. The summed E-state index contributed by atoms with van der Waals surface area (Å²) in [5, 5.41) is 12.4. The summed E-state index contributed by atoms with van der Waals surface area (Å²) in [5.74, 6) is -0.447. The Morgan fingerprint density at radius 1 is 1.08 bits per heavy atom. The van der Waals surface area contributed by atoms with Gasteiger partial charge in [0.1, 0.15) is 5.75 Å². The van der Waals surface area contributed by atoms with E-state index >= 15 is 0 Å². The third-order valence-corrected chi connectivity index (χ3v) is 4.66. The first-order chi connectivity index (χ1) is 12.6. The quantitative estimate of drug-likeness (QED) is 0.861. The summed E-state index contributed by atoms with van der Waals surface area (Å²) < 4.78 is 5.16. The van der Waals surface area contributed by atoms with Gasteiger partial charge in [-0.2, -0.15) is 0 Å². The van der Waals surface area contributed by atoms with Gasteiger partial charge in [0.25, 0.3) is 5.91 Å². The van der Waals surface area contributed by atoms with Gasteiger partial charge in [0.2, 0.25) is 0 Å². The van der Waals surface area contributed by atoms with Crippen molar-refractivity contribution in [2.45, 2.75) is 12.8 Å². The van der Waals surface area contributed by atoms with E-state index in [9.17, 15) is 9.59 Å². The molecule has 1 amide bonds. The fraction of sp³-hybridized carbons (Fsp3) is 0.300. The van der Waals surface area contributed by atoms with E-state index in [1.165, 1.54) is 0 Å². The monoisotopic (exact) mass is 354 g/mol. The number of amides is 1. The SMILES string of the molecule is COc1ccc(Nc2ccccc2C(=O)N2CCC(C(=O)O)CC2)cc1. The minimum absolute atomic E-state index is 0.0783. The van der Waals surface area contributed by atoms with Gasteiger partial charge < -0.3 is 20.1 Å². The molecule has 1 heterocycles. The molecule has 136 valence electrons. The molecule has 0 atom stereocenters. The predicted octanol–water partition coefficient (Wildman–Crippen LogP) is 3.38. The lowest BCUT2D eigenvalue weighted by Crippen LogP contribution is -2.40. The first-order valence-electron chi connectivity index (χ1n) is 8.60. The van der Waals surface area contributed by atoms with Crippen LogP contribution in [-0.4, -0.2) is 42.1 Å². The molecule has 1 fully saturated rings. The smallest absolute Gasteiger partial charge is 0.306 e. The summed E-state index contributed by atoms with van der Waals surface area (Å²) in [6.07, 6.45) is 0.990. The zero-order valence-corrected chi connectivity index (χ0v) is 14.6. The Hall–Kier alpha value is -3.02. The van der Waals surface area contributed by atoms with Crippen molar-refractivity contribution < 1.29 is 19.4 Å². The largest absolute Gasteiger partial charge is 0.497 e. The molecule has 0 radical (unpaired) electrons. The van der Waals surface area contributed by atoms with Gasteiger partial charge in [-0.3, -0.25) is 9.59 Å². The Labute approximate surface area is 152 Å². The van der Waals surface area contributed by atoms with Crippen molar-refractivity contribution in [3.05, 3.63) is 54.1 Å². The summed E-state index contributed by atoms with van der Waals surface area (Å²) in [6.45, 7) is 0.930. The number of aliphatic carboxylic acids is 1. The lowest BCUT2D eigenvalue weighted by molar-refractivity contribution is -0.143. The number of likely N-dealkylation sites (tertiary alicyclic amines) is 1. The molecule has 2 N–H and O–H groups in total. The van der Waals surface area contributed by atoms with Gasteiger partial charge in [-0.1, -0.05) is 12.1 Å². The number of piperidine rings is 1. The van der Waals surface area contributed by atoms with Crippen LogP contribution >= 0.6 is 0 Å². The van der Waals surface area contributed by atoms with Crippen LogP contribution in [0.5, 0.6) is 5.75 Å². The molecule has 0 bridgehead atoms. The van der Waals surface area contributed by atoms with Crippen LogP contribution in [-0.2, 0) is 4.79 Å². The van der Waals surface area contributed by atoms with E-state index in [1.54, 1.807) is 18.1 Å². The molecule has 26 heavy (non-hydrogen) atoms. The number of rotatable bonds is 5. The molecule has 1 saturated heterocycles. The minimum Gasteiger partial charge on any atom is -0.497 e. The zero-order chi connectivity index (χ0) is 18.5. The van der Waals surface area contributed by atoms with Gasteiger partial charge in [-0.25, -0.2) is 0 Å². The van der Waals surface area contributed by atoms with Crippen LogP contribution in [0.3, 0.4) is 0 Å². The normalized spacial score (nSPS) is 14.7. The van der Waals surface area contributed by atoms with Gasteiger partial charge in [0, 0.05) is 18.8 Å². The molecule has 0 spiro atoms. The molecule has 0 saturated carbocycles. The maximum Gasteiger partial charge on any atom is 0.306 e. The molecular weight excluding hydrogens is 332 g/mol. The van der Waals surface area contributed by atoms with Crippen LogP contribution in [0.2, 0.25) is 0 Å². The van der Waals surface area contributed by atoms with Crippen molar-refractivity contribution in [2.75, 3.05) is 25.5 Å². The summed E-state index contributed by atoms with van der Waals surface area (Å²) in [5.41, 5.74) is 2.16. The van der Waals surface area contributed by atoms with E-state index in [4.69, 9.17) is 9.84 Å². The predicted molar refractivity (Wildman–Crippen MR) is 99.0 cm³/mol. The fourth-order valence-electron chi connectivity index (χ4n) is 3.11. The van der Waals surface area contributed by atoms with E-state index in [1.807, 2.05) is 42.5 Å². The molecule has 6 nitrogen and oxygen atoms in total. The average Bonchev–Trinajstić information content (AvgIpc) is 2.68. The maximum absolute atomic E-state index is 12.9. The van der Waals surface area contributed by atoms with Crippen molar-refractivity contribution in [1.29, 1.82) is 0 Å². The molecule has 0 aliphatic carbocycles. The molecule has 2 aromatic carbocycles. The summed E-state index contributed by atoms with van der Waals surface area (Å²) in [4.78, 5) is 25.7. The number of anilines is 2. The number of benzene rings is 2. The number of nitrogens with zero attached hydrogens (tertiary/aromatic N) is 1. The number of carboxylic acid groups (broad SMARTS) is 1. The van der Waals surface area contributed by atoms with Crippen molar-refractivity contribution in [3.63, 3.8) is 0 Å². The van der Waals surface area contributed by atoms with Crippen LogP contribution in [0, 0.1) is 5.92 Å². The standard InChI is InChI=1S/C20H22N2O4/c1-26-16-8-6-15(7-9-16)21-18-5-3-2-4-17(18)19(23)22-12-10-14(11-13-22)20(24)25/h2-9,14,21H,10-13H2,1H3,(H,24,25). The Balaban J connectivity index is 1.74. The molecule has 1 aliphatic heterocycles. The molecule has 0 unspecified atom stereocenters.